The Morgan fingerprint density at radius 3 is 2.24 bits per heavy atom. The number of nitrogens with two attached hydrogens (primary N) is 1. The Balaban J connectivity index is 1.93. The van der Waals surface area contributed by atoms with Crippen LogP contribution in [-0.4, -0.2) is 0 Å². The summed E-state index contributed by atoms with van der Waals surface area (Å²) in [4.78, 5) is 0. The van der Waals surface area contributed by atoms with Gasteiger partial charge in [0, 0.05) is 11.1 Å². The molecule has 0 fully saturated rings. The molecule has 0 aliphatic rings. The molecule has 2 N–H and O–H groups in total. The first kappa shape index (κ1) is 12.2. The average Bonchev–Trinajstić information content (AvgIpc) is 2.38. The molecular formula is C15H16ClN. The first-order valence-electron chi connectivity index (χ1n) is 5.80. The Morgan fingerprint density at radius 1 is 0.941 bits per heavy atom. The van der Waals surface area contributed by atoms with Gasteiger partial charge in [-0.2, -0.15) is 0 Å². The largest absolute Gasteiger partial charge is 0.324 e. The Labute approximate surface area is 107 Å². The van der Waals surface area contributed by atoms with E-state index >= 15 is 0 Å². The zero-order valence-corrected chi connectivity index (χ0v) is 10.4. The van der Waals surface area contributed by atoms with Crippen molar-refractivity contribution in [3.05, 3.63) is 70.7 Å². The summed E-state index contributed by atoms with van der Waals surface area (Å²) in [5.41, 5.74) is 8.62. The summed E-state index contributed by atoms with van der Waals surface area (Å²) < 4.78 is 0. The number of rotatable bonds is 4. The SMILES string of the molecule is NC(CCc1ccccc1)c1ccc(Cl)cc1. The van der Waals surface area contributed by atoms with Gasteiger partial charge in [0.15, 0.2) is 0 Å². The fourth-order valence-corrected chi connectivity index (χ4v) is 1.97. The molecule has 0 spiro atoms. The summed E-state index contributed by atoms with van der Waals surface area (Å²) in [6.07, 6.45) is 1.95. The van der Waals surface area contributed by atoms with Crippen LogP contribution in [0, 0.1) is 0 Å². The molecule has 0 aromatic heterocycles. The van der Waals surface area contributed by atoms with E-state index in [-0.39, 0.29) is 6.04 Å². The van der Waals surface area contributed by atoms with Gasteiger partial charge in [-0.25, -0.2) is 0 Å². The van der Waals surface area contributed by atoms with Gasteiger partial charge in [-0.05, 0) is 36.1 Å². The van der Waals surface area contributed by atoms with Crippen LogP contribution in [0.1, 0.15) is 23.6 Å². The lowest BCUT2D eigenvalue weighted by atomic mass is 10.00. The van der Waals surface area contributed by atoms with E-state index < -0.39 is 0 Å². The lowest BCUT2D eigenvalue weighted by Gasteiger charge is -2.12. The van der Waals surface area contributed by atoms with Crippen LogP contribution in [0.5, 0.6) is 0 Å². The van der Waals surface area contributed by atoms with Gasteiger partial charge < -0.3 is 5.73 Å². The second-order valence-electron chi connectivity index (χ2n) is 4.18. The minimum absolute atomic E-state index is 0.0764. The molecule has 1 atom stereocenters. The maximum Gasteiger partial charge on any atom is 0.0406 e. The molecule has 88 valence electrons. The van der Waals surface area contributed by atoms with Gasteiger partial charge in [0.05, 0.1) is 0 Å². The van der Waals surface area contributed by atoms with Crippen molar-refractivity contribution in [1.29, 1.82) is 0 Å². The summed E-state index contributed by atoms with van der Waals surface area (Å²) in [5, 5.41) is 0.754. The molecule has 2 rings (SSSR count). The average molecular weight is 246 g/mol. The van der Waals surface area contributed by atoms with Crippen LogP contribution in [0.3, 0.4) is 0 Å². The first-order valence-corrected chi connectivity index (χ1v) is 6.18. The van der Waals surface area contributed by atoms with Crippen LogP contribution in [0.2, 0.25) is 5.02 Å². The lowest BCUT2D eigenvalue weighted by Crippen LogP contribution is -2.11. The lowest BCUT2D eigenvalue weighted by molar-refractivity contribution is 0.651. The molecule has 17 heavy (non-hydrogen) atoms. The molecule has 2 heteroatoms. The van der Waals surface area contributed by atoms with Crippen LogP contribution in [0.15, 0.2) is 54.6 Å². The van der Waals surface area contributed by atoms with Crippen molar-refractivity contribution < 1.29 is 0 Å². The second-order valence-corrected chi connectivity index (χ2v) is 4.62. The summed E-state index contributed by atoms with van der Waals surface area (Å²) in [7, 11) is 0. The highest BCUT2D eigenvalue weighted by atomic mass is 35.5. The smallest absolute Gasteiger partial charge is 0.0406 e. The fourth-order valence-electron chi connectivity index (χ4n) is 1.84. The minimum Gasteiger partial charge on any atom is -0.324 e. The van der Waals surface area contributed by atoms with E-state index in [4.69, 9.17) is 17.3 Å². The Morgan fingerprint density at radius 2 is 1.59 bits per heavy atom. The maximum absolute atomic E-state index is 6.15. The van der Waals surface area contributed by atoms with E-state index in [1.54, 1.807) is 0 Å². The molecule has 0 amide bonds. The van der Waals surface area contributed by atoms with Crippen molar-refractivity contribution in [2.45, 2.75) is 18.9 Å². The molecule has 0 saturated heterocycles. The highest BCUT2D eigenvalue weighted by Gasteiger charge is 2.05. The van der Waals surface area contributed by atoms with E-state index in [9.17, 15) is 0 Å². The van der Waals surface area contributed by atoms with Gasteiger partial charge in [0.2, 0.25) is 0 Å². The zero-order chi connectivity index (χ0) is 12.1. The number of benzene rings is 2. The molecule has 2 aromatic rings. The summed E-state index contributed by atoms with van der Waals surface area (Å²) in [6, 6.07) is 18.3. The number of halogens is 1. The molecule has 1 unspecified atom stereocenters. The van der Waals surface area contributed by atoms with Crippen molar-refractivity contribution in [2.24, 2.45) is 5.73 Å². The monoisotopic (exact) mass is 245 g/mol. The molecule has 1 nitrogen and oxygen atoms in total. The number of hydrogen-bond acceptors (Lipinski definition) is 1. The van der Waals surface area contributed by atoms with Crippen molar-refractivity contribution in [2.75, 3.05) is 0 Å². The summed E-state index contributed by atoms with van der Waals surface area (Å²) in [5.74, 6) is 0. The van der Waals surface area contributed by atoms with E-state index in [2.05, 4.69) is 24.3 Å². The van der Waals surface area contributed by atoms with Gasteiger partial charge in [0.1, 0.15) is 0 Å². The van der Waals surface area contributed by atoms with Gasteiger partial charge in [0.25, 0.3) is 0 Å². The number of aryl methyl sites for hydroxylation is 1. The maximum atomic E-state index is 6.15. The standard InChI is InChI=1S/C15H16ClN/c16-14-9-7-13(8-10-14)15(17)11-6-12-4-2-1-3-5-12/h1-5,7-10,15H,6,11,17H2. The minimum atomic E-state index is 0.0764. The van der Waals surface area contributed by atoms with Crippen molar-refractivity contribution in [1.82, 2.24) is 0 Å². The Bertz CT molecular complexity index is 450. The van der Waals surface area contributed by atoms with E-state index in [0.29, 0.717) is 0 Å². The highest BCUT2D eigenvalue weighted by molar-refractivity contribution is 6.30. The summed E-state index contributed by atoms with van der Waals surface area (Å²) in [6.45, 7) is 0. The highest BCUT2D eigenvalue weighted by Crippen LogP contribution is 2.19. The van der Waals surface area contributed by atoms with Gasteiger partial charge in [-0.1, -0.05) is 54.1 Å². The van der Waals surface area contributed by atoms with Crippen molar-refractivity contribution >= 4 is 11.6 Å². The quantitative estimate of drug-likeness (QED) is 0.867. The third-order valence-corrected chi connectivity index (χ3v) is 3.14. The van der Waals surface area contributed by atoms with Gasteiger partial charge >= 0.3 is 0 Å². The fraction of sp³-hybridized carbons (Fsp3) is 0.200. The van der Waals surface area contributed by atoms with E-state index in [0.717, 1.165) is 23.4 Å². The molecule has 0 aliphatic carbocycles. The molecule has 2 aromatic carbocycles. The number of hydrogen-bond donors (Lipinski definition) is 1. The first-order chi connectivity index (χ1) is 8.25. The third-order valence-electron chi connectivity index (χ3n) is 2.88. The third kappa shape index (κ3) is 3.58. The van der Waals surface area contributed by atoms with Crippen LogP contribution in [-0.2, 0) is 6.42 Å². The van der Waals surface area contributed by atoms with Crippen LogP contribution in [0.25, 0.3) is 0 Å². The Kier molecular flexibility index (Phi) is 4.18. The molecule has 0 bridgehead atoms. The van der Waals surface area contributed by atoms with E-state index in [1.807, 2.05) is 30.3 Å². The van der Waals surface area contributed by atoms with Crippen molar-refractivity contribution in [3.8, 4) is 0 Å². The van der Waals surface area contributed by atoms with E-state index in [1.165, 1.54) is 5.56 Å². The predicted octanol–water partition coefficient (Wildman–Crippen LogP) is 3.97. The Hall–Kier alpha value is -1.31. The van der Waals surface area contributed by atoms with Crippen LogP contribution < -0.4 is 5.73 Å². The molecule has 0 saturated carbocycles. The van der Waals surface area contributed by atoms with Crippen molar-refractivity contribution in [3.63, 3.8) is 0 Å². The normalized spacial score (nSPS) is 12.4. The second kappa shape index (κ2) is 5.85. The molecular weight excluding hydrogens is 230 g/mol. The van der Waals surface area contributed by atoms with Crippen LogP contribution >= 0.6 is 11.6 Å². The topological polar surface area (TPSA) is 26.0 Å². The molecule has 0 radical (unpaired) electrons. The molecule has 0 heterocycles. The summed E-state index contributed by atoms with van der Waals surface area (Å²) >= 11 is 5.85. The van der Waals surface area contributed by atoms with Crippen LogP contribution in [0.4, 0.5) is 0 Å². The zero-order valence-electron chi connectivity index (χ0n) is 9.64. The predicted molar refractivity (Wildman–Crippen MR) is 73.1 cm³/mol. The van der Waals surface area contributed by atoms with Gasteiger partial charge in [-0.3, -0.25) is 0 Å². The molecule has 0 aliphatic heterocycles. The van der Waals surface area contributed by atoms with Gasteiger partial charge in [-0.15, -0.1) is 0 Å².